The van der Waals surface area contributed by atoms with Gasteiger partial charge >= 0.3 is 0 Å². The molecule has 96 valence electrons. The summed E-state index contributed by atoms with van der Waals surface area (Å²) in [6, 6.07) is 8.44. The number of benzene rings is 1. The lowest BCUT2D eigenvalue weighted by atomic mass is 10.0. The summed E-state index contributed by atoms with van der Waals surface area (Å²) >= 11 is 0. The molecule has 2 rings (SSSR count). The van der Waals surface area contributed by atoms with Crippen molar-refractivity contribution in [1.29, 1.82) is 0 Å². The summed E-state index contributed by atoms with van der Waals surface area (Å²) in [5.74, 6) is 0. The van der Waals surface area contributed by atoms with Gasteiger partial charge < -0.3 is 0 Å². The van der Waals surface area contributed by atoms with E-state index in [1.54, 1.807) is 0 Å². The van der Waals surface area contributed by atoms with E-state index in [4.69, 9.17) is 0 Å². The first-order valence-electron chi connectivity index (χ1n) is 6.91. The number of hydrogen-bond donors (Lipinski definition) is 0. The number of rotatable bonds is 3. The fraction of sp³-hybridized carbons (Fsp3) is 0.278. The Labute approximate surface area is 116 Å². The van der Waals surface area contributed by atoms with Gasteiger partial charge in [0, 0.05) is 42.5 Å². The lowest BCUT2D eigenvalue weighted by Crippen LogP contribution is -2.18. The van der Waals surface area contributed by atoms with E-state index in [0.29, 0.717) is 0 Å². The molecule has 19 heavy (non-hydrogen) atoms. The van der Waals surface area contributed by atoms with Crippen LogP contribution in [0.5, 0.6) is 0 Å². The van der Waals surface area contributed by atoms with E-state index in [9.17, 15) is 0 Å². The van der Waals surface area contributed by atoms with Crippen LogP contribution in [0.4, 0.5) is 0 Å². The highest BCUT2D eigenvalue weighted by atomic mass is 15.0. The van der Waals surface area contributed by atoms with Crippen LogP contribution in [-0.2, 0) is 0 Å². The highest BCUT2D eigenvalue weighted by Crippen LogP contribution is 2.11. The molecule has 0 radical (unpaired) electrons. The molecule has 0 bridgehead atoms. The van der Waals surface area contributed by atoms with E-state index in [0.717, 1.165) is 24.2 Å². The average Bonchev–Trinajstić information content (AvgIpc) is 2.44. The Bertz CT molecular complexity index is 530. The molecule has 1 heteroatoms. The van der Waals surface area contributed by atoms with E-state index in [2.05, 4.69) is 80.0 Å². The van der Waals surface area contributed by atoms with Gasteiger partial charge in [-0.3, -0.25) is 0 Å². The Hall–Kier alpha value is -1.98. The maximum Gasteiger partial charge on any atom is 0.215 e. The number of allylic oxidation sites excluding steroid dienone is 5. The van der Waals surface area contributed by atoms with Gasteiger partial charge in [-0.15, -0.1) is 0 Å². The molecular weight excluding hydrogens is 230 g/mol. The molecule has 0 N–H and O–H groups in total. The minimum Gasteiger partial charge on any atom is -0.229 e. The van der Waals surface area contributed by atoms with E-state index in [-0.39, 0.29) is 0 Å². The van der Waals surface area contributed by atoms with Crippen molar-refractivity contribution in [2.24, 2.45) is 0 Å². The van der Waals surface area contributed by atoms with E-state index in [1.165, 1.54) is 11.3 Å². The zero-order valence-corrected chi connectivity index (χ0v) is 12.0. The number of nitrogens with zero attached hydrogens (tertiary/aromatic N) is 1. The van der Waals surface area contributed by atoms with Crippen LogP contribution in [-0.4, -0.2) is 23.4 Å². The van der Waals surface area contributed by atoms with Crippen LogP contribution < -0.4 is 0 Å². The summed E-state index contributed by atoms with van der Waals surface area (Å²) in [5, 5.41) is 0. The summed E-state index contributed by atoms with van der Waals surface area (Å²) in [7, 11) is 0. The van der Waals surface area contributed by atoms with Crippen molar-refractivity contribution < 1.29 is 4.58 Å². The molecule has 0 spiro atoms. The van der Waals surface area contributed by atoms with Crippen molar-refractivity contribution in [3.05, 3.63) is 71.3 Å². The van der Waals surface area contributed by atoms with Gasteiger partial charge in [0.05, 0.1) is 0 Å². The summed E-state index contributed by atoms with van der Waals surface area (Å²) in [6.45, 7) is 8.55. The summed E-state index contributed by atoms with van der Waals surface area (Å²) in [5.41, 5.74) is 4.81. The van der Waals surface area contributed by atoms with E-state index < -0.39 is 0 Å². The van der Waals surface area contributed by atoms with Crippen molar-refractivity contribution in [2.45, 2.75) is 20.8 Å². The smallest absolute Gasteiger partial charge is 0.215 e. The lowest BCUT2D eigenvalue weighted by molar-refractivity contribution is -0.519. The fourth-order valence-electron chi connectivity index (χ4n) is 2.15. The molecule has 0 amide bonds. The Kier molecular flexibility index (Phi) is 4.43. The largest absolute Gasteiger partial charge is 0.229 e. The first kappa shape index (κ1) is 13.5. The third-order valence-electron chi connectivity index (χ3n) is 3.34. The van der Waals surface area contributed by atoms with E-state index >= 15 is 0 Å². The molecule has 1 aromatic rings. The molecule has 1 aliphatic carbocycles. The number of hydrogen-bond acceptors (Lipinski definition) is 0. The van der Waals surface area contributed by atoms with Crippen molar-refractivity contribution in [1.82, 2.24) is 0 Å². The molecule has 0 unspecified atom stereocenters. The van der Waals surface area contributed by atoms with Crippen molar-refractivity contribution in [3.8, 4) is 0 Å². The maximum absolute atomic E-state index is 3.41. The Morgan fingerprint density at radius 2 is 1.47 bits per heavy atom. The summed E-state index contributed by atoms with van der Waals surface area (Å²) < 4.78 is 2.34. The van der Waals surface area contributed by atoms with E-state index in [1.807, 2.05) is 0 Å². The van der Waals surface area contributed by atoms with Crippen molar-refractivity contribution in [2.75, 3.05) is 13.1 Å². The van der Waals surface area contributed by atoms with Crippen LogP contribution in [0, 0.1) is 13.0 Å². The van der Waals surface area contributed by atoms with Crippen molar-refractivity contribution >= 4 is 5.71 Å². The van der Waals surface area contributed by atoms with Gasteiger partial charge in [0.15, 0.2) is 0 Å². The molecule has 0 saturated carbocycles. The third-order valence-corrected chi connectivity index (χ3v) is 3.34. The molecule has 1 aromatic carbocycles. The Morgan fingerprint density at radius 3 is 2.00 bits per heavy atom. The van der Waals surface area contributed by atoms with Crippen molar-refractivity contribution in [3.63, 3.8) is 0 Å². The second kappa shape index (κ2) is 6.26. The monoisotopic (exact) mass is 251 g/mol. The topological polar surface area (TPSA) is 3.01 Å². The summed E-state index contributed by atoms with van der Waals surface area (Å²) in [6.07, 6.45) is 12.0. The predicted octanol–water partition coefficient (Wildman–Crippen LogP) is 3.69. The Morgan fingerprint density at radius 1 is 0.895 bits per heavy atom. The Balaban J connectivity index is 2.19. The zero-order chi connectivity index (χ0) is 13.7. The SMILES string of the molecule is CC[N+](CC)=C1C=CC(=[C+]c2ccc(C)cc2)C=C1. The highest BCUT2D eigenvalue weighted by molar-refractivity contribution is 6.02. The van der Waals surface area contributed by atoms with Crippen LogP contribution in [0.3, 0.4) is 0 Å². The molecule has 0 fully saturated rings. The fourth-order valence-corrected chi connectivity index (χ4v) is 2.15. The van der Waals surface area contributed by atoms with Gasteiger partial charge in [-0.2, -0.15) is 0 Å². The molecule has 1 nitrogen and oxygen atoms in total. The molecule has 0 saturated heterocycles. The van der Waals surface area contributed by atoms with Gasteiger partial charge in [0.2, 0.25) is 5.71 Å². The zero-order valence-electron chi connectivity index (χ0n) is 12.0. The lowest BCUT2D eigenvalue weighted by Gasteiger charge is -2.01. The quantitative estimate of drug-likeness (QED) is 0.569. The van der Waals surface area contributed by atoms with Gasteiger partial charge in [0.1, 0.15) is 24.2 Å². The minimum absolute atomic E-state index is 1.04. The molecule has 0 aromatic heterocycles. The molecule has 1 aliphatic rings. The second-order valence-corrected chi connectivity index (χ2v) is 4.71. The number of aryl methyl sites for hydroxylation is 1. The van der Waals surface area contributed by atoms with Crippen LogP contribution >= 0.6 is 0 Å². The standard InChI is InChI=1S/C18H21N/c1-4-19(5-2)18-12-10-17(11-13-18)14-16-8-6-15(3)7-9-16/h6-13H,4-5H2,1-3H3/q+2. The van der Waals surface area contributed by atoms with Gasteiger partial charge in [-0.05, 0) is 38.5 Å². The van der Waals surface area contributed by atoms with Crippen LogP contribution in [0.1, 0.15) is 25.0 Å². The van der Waals surface area contributed by atoms with Crippen LogP contribution in [0.25, 0.3) is 0 Å². The summed E-state index contributed by atoms with van der Waals surface area (Å²) in [4.78, 5) is 0. The van der Waals surface area contributed by atoms with Gasteiger partial charge in [-0.25, -0.2) is 4.58 Å². The maximum atomic E-state index is 3.41. The highest BCUT2D eigenvalue weighted by Gasteiger charge is 2.12. The van der Waals surface area contributed by atoms with Gasteiger partial charge in [0.25, 0.3) is 0 Å². The minimum atomic E-state index is 1.04. The van der Waals surface area contributed by atoms with Crippen LogP contribution in [0.15, 0.2) is 54.1 Å². The molecule has 0 atom stereocenters. The van der Waals surface area contributed by atoms with Gasteiger partial charge in [-0.1, -0.05) is 0 Å². The molecule has 0 heterocycles. The molecular formula is C18H21N+2. The first-order chi connectivity index (χ1) is 9.22. The molecule has 0 aliphatic heterocycles. The van der Waals surface area contributed by atoms with Crippen LogP contribution in [0.2, 0.25) is 0 Å². The normalized spacial score (nSPS) is 13.6. The third kappa shape index (κ3) is 3.49. The first-order valence-corrected chi connectivity index (χ1v) is 6.91. The average molecular weight is 251 g/mol. The second-order valence-electron chi connectivity index (χ2n) is 4.71. The predicted molar refractivity (Wildman–Crippen MR) is 81.7 cm³/mol.